The summed E-state index contributed by atoms with van der Waals surface area (Å²) in [7, 11) is 0. The van der Waals surface area contributed by atoms with Crippen molar-refractivity contribution in [2.75, 3.05) is 18.4 Å². The van der Waals surface area contributed by atoms with Crippen LogP contribution in [0.3, 0.4) is 0 Å². The van der Waals surface area contributed by atoms with Crippen molar-refractivity contribution in [2.45, 2.75) is 44.3 Å². The van der Waals surface area contributed by atoms with Crippen molar-refractivity contribution in [3.63, 3.8) is 0 Å². The van der Waals surface area contributed by atoms with Gasteiger partial charge >= 0.3 is 0 Å². The average Bonchev–Trinajstić information content (AvgIpc) is 3.55. The first-order chi connectivity index (χ1) is 14.5. The highest BCUT2D eigenvalue weighted by Crippen LogP contribution is 2.29. The Balaban J connectivity index is 1.35. The number of nitrogens with one attached hydrogen (secondary N) is 2. The molecule has 1 aliphatic carbocycles. The van der Waals surface area contributed by atoms with Gasteiger partial charge in [0, 0.05) is 43.3 Å². The van der Waals surface area contributed by atoms with E-state index in [0.717, 1.165) is 50.9 Å². The van der Waals surface area contributed by atoms with E-state index in [1.165, 1.54) is 18.2 Å². The van der Waals surface area contributed by atoms with Crippen LogP contribution in [0.5, 0.6) is 0 Å². The fourth-order valence-electron chi connectivity index (χ4n) is 3.75. The molecule has 0 spiro atoms. The molecule has 8 heteroatoms. The first-order valence-corrected chi connectivity index (χ1v) is 10.3. The van der Waals surface area contributed by atoms with E-state index in [1.807, 2.05) is 0 Å². The Kier molecular flexibility index (Phi) is 5.94. The Bertz CT molecular complexity index is 922. The topological polar surface area (TPSA) is 87.5 Å². The third kappa shape index (κ3) is 5.13. The van der Waals surface area contributed by atoms with Gasteiger partial charge < -0.3 is 10.6 Å². The number of rotatable bonds is 7. The zero-order valence-corrected chi connectivity index (χ0v) is 16.6. The lowest BCUT2D eigenvalue weighted by molar-refractivity contribution is -0.384. The number of halogens is 1. The normalized spacial score (nSPS) is 17.5. The molecule has 0 aromatic heterocycles. The van der Waals surface area contributed by atoms with Crippen molar-refractivity contribution in [1.29, 1.82) is 0 Å². The summed E-state index contributed by atoms with van der Waals surface area (Å²) in [6.45, 7) is 2.47. The van der Waals surface area contributed by atoms with Crippen molar-refractivity contribution < 1.29 is 14.1 Å². The molecule has 1 aliphatic heterocycles. The third-order valence-corrected chi connectivity index (χ3v) is 5.64. The summed E-state index contributed by atoms with van der Waals surface area (Å²) >= 11 is 0. The molecule has 4 rings (SSSR count). The first kappa shape index (κ1) is 20.3. The summed E-state index contributed by atoms with van der Waals surface area (Å²) in [5.41, 5.74) is 1.75. The molecule has 0 atom stereocenters. The van der Waals surface area contributed by atoms with Crippen LogP contribution in [-0.2, 0) is 6.54 Å². The number of amides is 1. The van der Waals surface area contributed by atoms with E-state index in [4.69, 9.17) is 0 Å². The van der Waals surface area contributed by atoms with E-state index in [0.29, 0.717) is 11.3 Å². The zero-order valence-electron chi connectivity index (χ0n) is 16.6. The highest BCUT2D eigenvalue weighted by molar-refractivity contribution is 5.96. The van der Waals surface area contributed by atoms with E-state index in [2.05, 4.69) is 15.5 Å². The van der Waals surface area contributed by atoms with E-state index in [1.54, 1.807) is 24.3 Å². The van der Waals surface area contributed by atoms with E-state index >= 15 is 0 Å². The van der Waals surface area contributed by atoms with Gasteiger partial charge in [0.15, 0.2) is 0 Å². The molecule has 158 valence electrons. The van der Waals surface area contributed by atoms with Crippen LogP contribution in [-0.4, -0.2) is 40.9 Å². The summed E-state index contributed by atoms with van der Waals surface area (Å²) < 4.78 is 13.0. The lowest BCUT2D eigenvalue weighted by Gasteiger charge is -2.32. The molecular formula is C22H25FN4O3. The number of likely N-dealkylation sites (tertiary alicyclic amines) is 1. The molecule has 0 radical (unpaired) electrons. The van der Waals surface area contributed by atoms with Crippen molar-refractivity contribution in [3.8, 4) is 0 Å². The SMILES string of the molecule is O=C(NC1CC1)c1ccc(NC2CCN(Cc3ccc(F)cc3)CC2)c([N+](=O)[O-])c1. The van der Waals surface area contributed by atoms with Gasteiger partial charge in [-0.05, 0) is 55.5 Å². The maximum atomic E-state index is 13.0. The smallest absolute Gasteiger partial charge is 0.293 e. The Labute approximate surface area is 174 Å². The lowest BCUT2D eigenvalue weighted by atomic mass is 10.0. The minimum atomic E-state index is -0.445. The molecule has 1 heterocycles. The lowest BCUT2D eigenvalue weighted by Crippen LogP contribution is -2.38. The monoisotopic (exact) mass is 412 g/mol. The van der Waals surface area contributed by atoms with Gasteiger partial charge in [0.2, 0.25) is 0 Å². The van der Waals surface area contributed by atoms with Crippen LogP contribution < -0.4 is 10.6 Å². The van der Waals surface area contributed by atoms with Crippen molar-refractivity contribution in [2.24, 2.45) is 0 Å². The average molecular weight is 412 g/mol. The second-order valence-corrected chi connectivity index (χ2v) is 8.06. The molecule has 1 saturated carbocycles. The summed E-state index contributed by atoms with van der Waals surface area (Å²) in [6, 6.07) is 11.5. The predicted octanol–water partition coefficient (Wildman–Crippen LogP) is 3.70. The summed E-state index contributed by atoms with van der Waals surface area (Å²) in [4.78, 5) is 25.6. The van der Waals surface area contributed by atoms with Gasteiger partial charge in [0.1, 0.15) is 11.5 Å². The summed E-state index contributed by atoms with van der Waals surface area (Å²) in [5, 5.41) is 17.7. The van der Waals surface area contributed by atoms with E-state index < -0.39 is 4.92 Å². The molecule has 0 bridgehead atoms. The standard InChI is InChI=1S/C22H25FN4O3/c23-17-4-1-15(2-5-17)14-26-11-9-19(10-12-26)24-20-8-3-16(13-21(20)27(29)30)22(28)25-18-6-7-18/h1-5,8,13,18-19,24H,6-7,9-12,14H2,(H,25,28). The third-order valence-electron chi connectivity index (χ3n) is 5.64. The molecule has 30 heavy (non-hydrogen) atoms. The number of nitro groups is 1. The van der Waals surface area contributed by atoms with E-state index in [-0.39, 0.29) is 29.5 Å². The van der Waals surface area contributed by atoms with Crippen molar-refractivity contribution in [1.82, 2.24) is 10.2 Å². The van der Waals surface area contributed by atoms with Gasteiger partial charge in [0.25, 0.3) is 11.6 Å². The van der Waals surface area contributed by atoms with Gasteiger partial charge in [0.05, 0.1) is 4.92 Å². The van der Waals surface area contributed by atoms with Crippen molar-refractivity contribution in [3.05, 3.63) is 69.5 Å². The van der Waals surface area contributed by atoms with Gasteiger partial charge in [-0.25, -0.2) is 4.39 Å². The van der Waals surface area contributed by atoms with E-state index in [9.17, 15) is 19.3 Å². The Morgan fingerprint density at radius 2 is 1.77 bits per heavy atom. The van der Waals surface area contributed by atoms with Gasteiger partial charge in [-0.3, -0.25) is 19.8 Å². The maximum absolute atomic E-state index is 13.0. The number of carbonyl (C=O) groups excluding carboxylic acids is 1. The number of hydrogen-bond donors (Lipinski definition) is 2. The number of anilines is 1. The van der Waals surface area contributed by atoms with Crippen LogP contribution in [0.25, 0.3) is 0 Å². The number of carbonyl (C=O) groups is 1. The number of hydrogen-bond acceptors (Lipinski definition) is 5. The van der Waals surface area contributed by atoms with Crippen LogP contribution in [0.4, 0.5) is 15.8 Å². The largest absolute Gasteiger partial charge is 0.377 e. The molecule has 2 aromatic rings. The van der Waals surface area contributed by atoms with Gasteiger partial charge in [-0.15, -0.1) is 0 Å². The fourth-order valence-corrected chi connectivity index (χ4v) is 3.75. The second-order valence-electron chi connectivity index (χ2n) is 8.06. The quantitative estimate of drug-likeness (QED) is 0.535. The molecular weight excluding hydrogens is 387 g/mol. The van der Waals surface area contributed by atoms with Crippen molar-refractivity contribution >= 4 is 17.3 Å². The van der Waals surface area contributed by atoms with Gasteiger partial charge in [-0.2, -0.15) is 0 Å². The molecule has 2 N–H and O–H groups in total. The molecule has 2 fully saturated rings. The zero-order chi connectivity index (χ0) is 21.1. The fraction of sp³-hybridized carbons (Fsp3) is 0.409. The summed E-state index contributed by atoms with van der Waals surface area (Å²) in [6.07, 6.45) is 3.63. The first-order valence-electron chi connectivity index (χ1n) is 10.3. The molecule has 1 saturated heterocycles. The number of piperidine rings is 1. The number of nitro benzene ring substituents is 1. The highest BCUT2D eigenvalue weighted by atomic mass is 19.1. The van der Waals surface area contributed by atoms with Crippen LogP contribution in [0.1, 0.15) is 41.6 Å². The Hall–Kier alpha value is -3.00. The number of benzene rings is 2. The molecule has 2 aliphatic rings. The molecule has 1 amide bonds. The molecule has 0 unspecified atom stereocenters. The Morgan fingerprint density at radius 1 is 1.07 bits per heavy atom. The minimum absolute atomic E-state index is 0.0767. The number of nitrogens with zero attached hydrogens (tertiary/aromatic N) is 2. The second kappa shape index (κ2) is 8.79. The highest BCUT2D eigenvalue weighted by Gasteiger charge is 2.26. The van der Waals surface area contributed by atoms with Crippen LogP contribution in [0, 0.1) is 15.9 Å². The van der Waals surface area contributed by atoms with Crippen LogP contribution in [0.15, 0.2) is 42.5 Å². The van der Waals surface area contributed by atoms with Crippen LogP contribution >= 0.6 is 0 Å². The van der Waals surface area contributed by atoms with Crippen LogP contribution in [0.2, 0.25) is 0 Å². The van der Waals surface area contributed by atoms with Gasteiger partial charge in [-0.1, -0.05) is 12.1 Å². The Morgan fingerprint density at radius 3 is 2.40 bits per heavy atom. The maximum Gasteiger partial charge on any atom is 0.293 e. The molecule has 7 nitrogen and oxygen atoms in total. The summed E-state index contributed by atoms with van der Waals surface area (Å²) in [5.74, 6) is -0.499. The predicted molar refractivity (Wildman–Crippen MR) is 112 cm³/mol. The minimum Gasteiger partial charge on any atom is -0.377 e. The molecule has 2 aromatic carbocycles.